The van der Waals surface area contributed by atoms with Gasteiger partial charge in [-0.25, -0.2) is 0 Å². The molecule has 23 heavy (non-hydrogen) atoms. The molecule has 1 unspecified atom stereocenters. The Kier molecular flexibility index (Phi) is 8.01. The summed E-state index contributed by atoms with van der Waals surface area (Å²) in [5, 5.41) is 0. The molecule has 0 aliphatic heterocycles. The Bertz CT molecular complexity index is 491. The highest BCUT2D eigenvalue weighted by Crippen LogP contribution is 2.34. The van der Waals surface area contributed by atoms with E-state index < -0.39 is 5.41 Å². The molecule has 0 saturated carbocycles. The van der Waals surface area contributed by atoms with Crippen LogP contribution in [-0.4, -0.2) is 18.4 Å². The fourth-order valence-electron chi connectivity index (χ4n) is 2.92. The minimum Gasteiger partial charge on any atom is -0.466 e. The maximum atomic E-state index is 12.1. The third-order valence-corrected chi connectivity index (χ3v) is 4.51. The van der Waals surface area contributed by atoms with E-state index in [9.17, 15) is 9.59 Å². The van der Waals surface area contributed by atoms with Gasteiger partial charge in [-0.1, -0.05) is 70.4 Å². The Hall–Kier alpha value is -1.64. The molecule has 0 bridgehead atoms. The molecular weight excluding hydrogens is 288 g/mol. The second-order valence-corrected chi connectivity index (χ2v) is 6.74. The van der Waals surface area contributed by atoms with Crippen molar-refractivity contribution in [2.45, 2.75) is 65.2 Å². The first kappa shape index (κ1) is 19.4. The Morgan fingerprint density at radius 3 is 2.30 bits per heavy atom. The van der Waals surface area contributed by atoms with E-state index in [-0.39, 0.29) is 24.1 Å². The maximum absolute atomic E-state index is 12.1. The molecule has 0 aromatic heterocycles. The minimum absolute atomic E-state index is 0.0294. The highest BCUT2D eigenvalue weighted by Gasteiger charge is 2.36. The van der Waals surface area contributed by atoms with Crippen LogP contribution >= 0.6 is 0 Å². The van der Waals surface area contributed by atoms with Crippen LogP contribution in [0.2, 0.25) is 0 Å². The van der Waals surface area contributed by atoms with Gasteiger partial charge in [0.05, 0.1) is 13.0 Å². The number of benzene rings is 1. The SMILES string of the molecule is CCCCCCOC(=O)CC(C(C)=O)C(C)(C)c1ccccc1. The molecule has 1 atom stereocenters. The highest BCUT2D eigenvalue weighted by atomic mass is 16.5. The van der Waals surface area contributed by atoms with Crippen molar-refractivity contribution in [2.24, 2.45) is 5.92 Å². The summed E-state index contributed by atoms with van der Waals surface area (Å²) in [5.41, 5.74) is 0.671. The number of ether oxygens (including phenoxy) is 1. The predicted molar refractivity (Wildman–Crippen MR) is 93.4 cm³/mol. The van der Waals surface area contributed by atoms with Crippen LogP contribution in [0.5, 0.6) is 0 Å². The van der Waals surface area contributed by atoms with Gasteiger partial charge in [0.15, 0.2) is 0 Å². The standard InChI is InChI=1S/C20H30O3/c1-5-6-7-11-14-23-19(22)15-18(16(2)21)20(3,4)17-12-9-8-10-13-17/h8-10,12-13,18H,5-7,11,14-15H2,1-4H3. The fraction of sp³-hybridized carbons (Fsp3) is 0.600. The first-order valence-electron chi connectivity index (χ1n) is 8.61. The average Bonchev–Trinajstić information content (AvgIpc) is 2.53. The normalized spacial score (nSPS) is 12.7. The van der Waals surface area contributed by atoms with Crippen molar-refractivity contribution in [3.63, 3.8) is 0 Å². The van der Waals surface area contributed by atoms with Gasteiger partial charge in [0, 0.05) is 5.92 Å². The molecule has 0 spiro atoms. The average molecular weight is 318 g/mol. The second-order valence-electron chi connectivity index (χ2n) is 6.74. The molecule has 0 fully saturated rings. The third kappa shape index (κ3) is 6.17. The number of hydrogen-bond acceptors (Lipinski definition) is 3. The zero-order chi connectivity index (χ0) is 17.3. The molecule has 0 heterocycles. The van der Waals surface area contributed by atoms with E-state index in [1.54, 1.807) is 6.92 Å². The summed E-state index contributed by atoms with van der Waals surface area (Å²) >= 11 is 0. The van der Waals surface area contributed by atoms with E-state index in [0.717, 1.165) is 31.2 Å². The summed E-state index contributed by atoms with van der Waals surface area (Å²) < 4.78 is 5.31. The van der Waals surface area contributed by atoms with Crippen molar-refractivity contribution in [1.29, 1.82) is 0 Å². The molecule has 3 nitrogen and oxygen atoms in total. The van der Waals surface area contributed by atoms with E-state index in [1.807, 2.05) is 44.2 Å². The number of Topliss-reactive ketones (excluding diaryl/α,β-unsaturated/α-hetero) is 1. The first-order chi connectivity index (χ1) is 10.9. The lowest BCUT2D eigenvalue weighted by molar-refractivity contribution is -0.147. The lowest BCUT2D eigenvalue weighted by atomic mass is 9.70. The number of esters is 1. The van der Waals surface area contributed by atoms with Gasteiger partial charge in [-0.15, -0.1) is 0 Å². The smallest absolute Gasteiger partial charge is 0.306 e. The molecular formula is C20H30O3. The van der Waals surface area contributed by atoms with Gasteiger partial charge >= 0.3 is 5.97 Å². The molecule has 0 radical (unpaired) electrons. The predicted octanol–water partition coefficient (Wildman–Crippen LogP) is 4.68. The molecule has 0 N–H and O–H groups in total. The summed E-state index contributed by atoms with van der Waals surface area (Å²) in [5.74, 6) is -0.611. The summed E-state index contributed by atoms with van der Waals surface area (Å²) in [6, 6.07) is 9.88. The monoisotopic (exact) mass is 318 g/mol. The zero-order valence-electron chi connectivity index (χ0n) is 14.9. The lowest BCUT2D eigenvalue weighted by Crippen LogP contribution is -2.35. The molecule has 0 aliphatic carbocycles. The Balaban J connectivity index is 2.65. The fourth-order valence-corrected chi connectivity index (χ4v) is 2.92. The number of unbranched alkanes of at least 4 members (excludes halogenated alkanes) is 3. The number of carbonyl (C=O) groups is 2. The van der Waals surface area contributed by atoms with Gasteiger partial charge in [0.2, 0.25) is 0 Å². The molecule has 0 aliphatic rings. The van der Waals surface area contributed by atoms with Crippen molar-refractivity contribution in [2.75, 3.05) is 6.61 Å². The number of rotatable bonds is 10. The molecule has 128 valence electrons. The van der Waals surface area contributed by atoms with E-state index in [2.05, 4.69) is 6.92 Å². The highest BCUT2D eigenvalue weighted by molar-refractivity contribution is 5.85. The maximum Gasteiger partial charge on any atom is 0.306 e. The Morgan fingerprint density at radius 2 is 1.74 bits per heavy atom. The van der Waals surface area contributed by atoms with E-state index in [1.165, 1.54) is 0 Å². The number of ketones is 1. The second kappa shape index (κ2) is 9.49. The van der Waals surface area contributed by atoms with Gasteiger partial charge in [-0.2, -0.15) is 0 Å². The van der Waals surface area contributed by atoms with Crippen LogP contribution in [0.15, 0.2) is 30.3 Å². The van der Waals surface area contributed by atoms with Gasteiger partial charge in [0.25, 0.3) is 0 Å². The molecule has 3 heteroatoms. The summed E-state index contributed by atoms with van der Waals surface area (Å²) in [7, 11) is 0. The molecule has 0 amide bonds. The first-order valence-corrected chi connectivity index (χ1v) is 8.61. The Labute approximate surface area is 140 Å². The molecule has 1 aromatic carbocycles. The van der Waals surface area contributed by atoms with Gasteiger partial charge in [-0.05, 0) is 24.3 Å². The number of carbonyl (C=O) groups excluding carboxylic acids is 2. The summed E-state index contributed by atoms with van der Waals surface area (Å²) in [6.07, 6.45) is 4.44. The van der Waals surface area contributed by atoms with Crippen molar-refractivity contribution in [1.82, 2.24) is 0 Å². The van der Waals surface area contributed by atoms with Crippen molar-refractivity contribution in [3.8, 4) is 0 Å². The van der Waals surface area contributed by atoms with Crippen LogP contribution in [-0.2, 0) is 19.7 Å². The van der Waals surface area contributed by atoms with Crippen LogP contribution < -0.4 is 0 Å². The lowest BCUT2D eigenvalue weighted by Gasteiger charge is -2.32. The van der Waals surface area contributed by atoms with E-state index in [0.29, 0.717) is 6.61 Å². The van der Waals surface area contributed by atoms with Crippen LogP contribution in [0.1, 0.15) is 65.4 Å². The molecule has 1 rings (SSSR count). The van der Waals surface area contributed by atoms with Crippen LogP contribution in [0.3, 0.4) is 0 Å². The summed E-state index contributed by atoms with van der Waals surface area (Å²) in [6.45, 7) is 8.19. The third-order valence-electron chi connectivity index (χ3n) is 4.51. The topological polar surface area (TPSA) is 43.4 Å². The summed E-state index contributed by atoms with van der Waals surface area (Å²) in [4.78, 5) is 24.2. The van der Waals surface area contributed by atoms with Crippen molar-refractivity contribution < 1.29 is 14.3 Å². The minimum atomic E-state index is -0.395. The van der Waals surface area contributed by atoms with E-state index >= 15 is 0 Å². The van der Waals surface area contributed by atoms with Crippen LogP contribution in [0.4, 0.5) is 0 Å². The van der Waals surface area contributed by atoms with Crippen LogP contribution in [0, 0.1) is 5.92 Å². The van der Waals surface area contributed by atoms with Crippen LogP contribution in [0.25, 0.3) is 0 Å². The Morgan fingerprint density at radius 1 is 1.09 bits per heavy atom. The van der Waals surface area contributed by atoms with Gasteiger partial charge in [0.1, 0.15) is 5.78 Å². The number of hydrogen-bond donors (Lipinski definition) is 0. The molecule has 1 aromatic rings. The van der Waals surface area contributed by atoms with Crippen molar-refractivity contribution >= 4 is 11.8 Å². The zero-order valence-corrected chi connectivity index (χ0v) is 14.9. The largest absolute Gasteiger partial charge is 0.466 e. The van der Waals surface area contributed by atoms with Gasteiger partial charge in [-0.3, -0.25) is 9.59 Å². The van der Waals surface area contributed by atoms with Gasteiger partial charge < -0.3 is 4.74 Å². The quantitative estimate of drug-likeness (QED) is 0.464. The molecule has 0 saturated heterocycles. The van der Waals surface area contributed by atoms with Crippen molar-refractivity contribution in [3.05, 3.63) is 35.9 Å². The van der Waals surface area contributed by atoms with E-state index in [4.69, 9.17) is 4.74 Å².